The van der Waals surface area contributed by atoms with E-state index in [0.29, 0.717) is 0 Å². The minimum atomic E-state index is 0.0488. The number of hydrogen-bond acceptors (Lipinski definition) is 3. The van der Waals surface area contributed by atoms with Crippen LogP contribution in [0.4, 0.5) is 0 Å². The fourth-order valence-corrected chi connectivity index (χ4v) is 2.61. The predicted molar refractivity (Wildman–Crippen MR) is 87.2 cm³/mol. The molecule has 0 fully saturated rings. The molecule has 4 nitrogen and oxygen atoms in total. The summed E-state index contributed by atoms with van der Waals surface area (Å²) in [4.78, 5) is 0. The lowest BCUT2D eigenvalue weighted by atomic mass is 10.0. The van der Waals surface area contributed by atoms with E-state index in [9.17, 15) is 0 Å². The molecule has 0 saturated heterocycles. The fraction of sp³-hybridized carbons (Fsp3) is 0.438. The minimum Gasteiger partial charge on any atom is -0.271 e. The third-order valence-corrected chi connectivity index (χ3v) is 4.20. The molecule has 0 saturated carbocycles. The van der Waals surface area contributed by atoms with Gasteiger partial charge >= 0.3 is 0 Å². The SMILES string of the molecule is CCc1cc(CC(NN)c2ccc(Cl)c(C)c2)n(CC)n1. The van der Waals surface area contributed by atoms with Crippen LogP contribution >= 0.6 is 11.6 Å². The van der Waals surface area contributed by atoms with Crippen LogP contribution in [0.3, 0.4) is 0 Å². The van der Waals surface area contributed by atoms with Gasteiger partial charge in [0, 0.05) is 23.7 Å². The maximum absolute atomic E-state index is 6.09. The zero-order valence-electron chi connectivity index (χ0n) is 12.9. The van der Waals surface area contributed by atoms with Crippen molar-refractivity contribution in [1.82, 2.24) is 15.2 Å². The van der Waals surface area contributed by atoms with Crippen LogP contribution in [-0.2, 0) is 19.4 Å². The first kappa shape index (κ1) is 16.0. The number of aromatic nitrogens is 2. The van der Waals surface area contributed by atoms with Crippen molar-refractivity contribution in [2.45, 2.75) is 46.2 Å². The largest absolute Gasteiger partial charge is 0.271 e. The molecule has 0 aliphatic heterocycles. The average molecular weight is 307 g/mol. The second-order valence-electron chi connectivity index (χ2n) is 5.23. The Kier molecular flexibility index (Phi) is 5.39. The number of benzene rings is 1. The topological polar surface area (TPSA) is 55.9 Å². The number of aryl methyl sites for hydroxylation is 3. The van der Waals surface area contributed by atoms with Gasteiger partial charge in [0.15, 0.2) is 0 Å². The number of hydrogen-bond donors (Lipinski definition) is 2. The molecule has 0 spiro atoms. The van der Waals surface area contributed by atoms with E-state index in [-0.39, 0.29) is 6.04 Å². The fourth-order valence-electron chi connectivity index (χ4n) is 2.49. The third kappa shape index (κ3) is 3.64. The lowest BCUT2D eigenvalue weighted by molar-refractivity contribution is 0.516. The standard InChI is InChI=1S/C16H23ClN4/c1-4-13-9-14(21(5-2)20-13)10-16(19-18)12-6-7-15(17)11(3)8-12/h6-9,16,19H,4-5,10,18H2,1-3H3. The molecule has 2 rings (SSSR count). The summed E-state index contributed by atoms with van der Waals surface area (Å²) < 4.78 is 2.05. The molecular weight excluding hydrogens is 284 g/mol. The van der Waals surface area contributed by atoms with E-state index < -0.39 is 0 Å². The van der Waals surface area contributed by atoms with Gasteiger partial charge in [-0.25, -0.2) is 0 Å². The molecule has 21 heavy (non-hydrogen) atoms. The van der Waals surface area contributed by atoms with Crippen molar-refractivity contribution in [3.05, 3.63) is 51.8 Å². The van der Waals surface area contributed by atoms with E-state index >= 15 is 0 Å². The van der Waals surface area contributed by atoms with E-state index in [1.807, 2.05) is 23.7 Å². The quantitative estimate of drug-likeness (QED) is 0.636. The molecule has 5 heteroatoms. The van der Waals surface area contributed by atoms with Gasteiger partial charge in [0.05, 0.1) is 11.7 Å². The van der Waals surface area contributed by atoms with Crippen molar-refractivity contribution < 1.29 is 0 Å². The Hall–Kier alpha value is -1.36. The maximum atomic E-state index is 6.09. The molecule has 0 radical (unpaired) electrons. The van der Waals surface area contributed by atoms with Crippen LogP contribution in [0.1, 0.15) is 42.4 Å². The van der Waals surface area contributed by atoms with Crippen LogP contribution in [-0.4, -0.2) is 9.78 Å². The van der Waals surface area contributed by atoms with Gasteiger partial charge in [-0.2, -0.15) is 5.10 Å². The number of hydrazine groups is 1. The highest BCUT2D eigenvalue weighted by Crippen LogP contribution is 2.23. The molecular formula is C16H23ClN4. The summed E-state index contributed by atoms with van der Waals surface area (Å²) in [5.74, 6) is 5.76. The summed E-state index contributed by atoms with van der Waals surface area (Å²) in [5, 5.41) is 5.37. The third-order valence-electron chi connectivity index (χ3n) is 3.77. The van der Waals surface area contributed by atoms with Crippen LogP contribution in [0.25, 0.3) is 0 Å². The van der Waals surface area contributed by atoms with Crippen molar-refractivity contribution in [2.75, 3.05) is 0 Å². The van der Waals surface area contributed by atoms with Crippen LogP contribution in [0.5, 0.6) is 0 Å². The molecule has 1 aromatic heterocycles. The van der Waals surface area contributed by atoms with Gasteiger partial charge in [-0.05, 0) is 43.5 Å². The highest BCUT2D eigenvalue weighted by Gasteiger charge is 2.15. The normalized spacial score (nSPS) is 12.6. The molecule has 0 aliphatic carbocycles. The van der Waals surface area contributed by atoms with Gasteiger partial charge < -0.3 is 0 Å². The van der Waals surface area contributed by atoms with E-state index in [4.69, 9.17) is 17.4 Å². The molecule has 1 aromatic carbocycles. The zero-order valence-corrected chi connectivity index (χ0v) is 13.6. The minimum absolute atomic E-state index is 0.0488. The predicted octanol–water partition coefficient (Wildman–Crippen LogP) is 3.17. The Morgan fingerprint density at radius 2 is 2.10 bits per heavy atom. The molecule has 0 amide bonds. The summed E-state index contributed by atoms with van der Waals surface area (Å²) in [7, 11) is 0. The molecule has 1 unspecified atom stereocenters. The summed E-state index contributed by atoms with van der Waals surface area (Å²) in [6.45, 7) is 7.09. The molecule has 3 N–H and O–H groups in total. The molecule has 0 aliphatic rings. The second kappa shape index (κ2) is 7.07. The van der Waals surface area contributed by atoms with Crippen molar-refractivity contribution >= 4 is 11.6 Å². The first-order valence-corrected chi connectivity index (χ1v) is 7.74. The summed E-state index contributed by atoms with van der Waals surface area (Å²) in [6.07, 6.45) is 1.75. The second-order valence-corrected chi connectivity index (χ2v) is 5.64. The zero-order chi connectivity index (χ0) is 15.4. The van der Waals surface area contributed by atoms with Crippen LogP contribution in [0, 0.1) is 6.92 Å². The number of nitrogens with zero attached hydrogens (tertiary/aromatic N) is 2. The number of nitrogens with two attached hydrogens (primary N) is 1. The first-order valence-electron chi connectivity index (χ1n) is 7.36. The van der Waals surface area contributed by atoms with Crippen LogP contribution in [0.2, 0.25) is 5.02 Å². The van der Waals surface area contributed by atoms with Crippen molar-refractivity contribution in [2.24, 2.45) is 5.84 Å². The number of rotatable bonds is 6. The highest BCUT2D eigenvalue weighted by atomic mass is 35.5. The van der Waals surface area contributed by atoms with Gasteiger partial charge in [0.25, 0.3) is 0 Å². The van der Waals surface area contributed by atoms with Gasteiger partial charge in [0.1, 0.15) is 0 Å². The summed E-state index contributed by atoms with van der Waals surface area (Å²) in [5.41, 5.74) is 7.43. The van der Waals surface area contributed by atoms with Gasteiger partial charge in [0.2, 0.25) is 0 Å². The Balaban J connectivity index is 2.26. The van der Waals surface area contributed by atoms with Crippen molar-refractivity contribution in [3.63, 3.8) is 0 Å². The van der Waals surface area contributed by atoms with Gasteiger partial charge in [-0.3, -0.25) is 16.0 Å². The lowest BCUT2D eigenvalue weighted by Gasteiger charge is -2.17. The van der Waals surface area contributed by atoms with E-state index in [1.54, 1.807) is 0 Å². The monoisotopic (exact) mass is 306 g/mol. The van der Waals surface area contributed by atoms with Crippen LogP contribution < -0.4 is 11.3 Å². The molecule has 2 aromatic rings. The van der Waals surface area contributed by atoms with Crippen LogP contribution in [0.15, 0.2) is 24.3 Å². The van der Waals surface area contributed by atoms with Crippen molar-refractivity contribution in [1.29, 1.82) is 0 Å². The Labute approximate surface area is 131 Å². The van der Waals surface area contributed by atoms with Crippen molar-refractivity contribution in [3.8, 4) is 0 Å². The molecule has 114 valence electrons. The highest BCUT2D eigenvalue weighted by molar-refractivity contribution is 6.31. The number of nitrogens with one attached hydrogen (secondary N) is 1. The first-order chi connectivity index (χ1) is 10.1. The van der Waals surface area contributed by atoms with Gasteiger partial charge in [-0.15, -0.1) is 0 Å². The average Bonchev–Trinajstić information content (AvgIpc) is 2.90. The molecule has 1 atom stereocenters. The Morgan fingerprint density at radius 1 is 1.33 bits per heavy atom. The molecule has 1 heterocycles. The molecule has 0 bridgehead atoms. The smallest absolute Gasteiger partial charge is 0.0624 e. The Morgan fingerprint density at radius 3 is 2.67 bits per heavy atom. The Bertz CT molecular complexity index is 606. The van der Waals surface area contributed by atoms with E-state index in [0.717, 1.165) is 41.2 Å². The van der Waals surface area contributed by atoms with Gasteiger partial charge in [-0.1, -0.05) is 30.7 Å². The summed E-state index contributed by atoms with van der Waals surface area (Å²) >= 11 is 6.09. The maximum Gasteiger partial charge on any atom is 0.0624 e. The van der Waals surface area contributed by atoms with E-state index in [2.05, 4.69) is 36.5 Å². The number of halogens is 1. The lowest BCUT2D eigenvalue weighted by Crippen LogP contribution is -2.30. The van der Waals surface area contributed by atoms with E-state index in [1.165, 1.54) is 5.69 Å². The summed E-state index contributed by atoms with van der Waals surface area (Å²) in [6, 6.07) is 8.24.